The molecule has 2 N–H and O–H groups in total. The molecule has 2 aromatic heterocycles. The molecule has 98 valence electrons. The zero-order chi connectivity index (χ0) is 13.2. The Morgan fingerprint density at radius 2 is 2.33 bits per heavy atom. The van der Waals surface area contributed by atoms with Gasteiger partial charge in [-0.3, -0.25) is 0 Å². The summed E-state index contributed by atoms with van der Waals surface area (Å²) in [5.74, 6) is 0. The molecule has 0 aliphatic heterocycles. The highest BCUT2D eigenvalue weighted by molar-refractivity contribution is 7.11. The van der Waals surface area contributed by atoms with Crippen LogP contribution in [0.5, 0.6) is 0 Å². The van der Waals surface area contributed by atoms with Crippen molar-refractivity contribution in [3.05, 3.63) is 38.5 Å². The van der Waals surface area contributed by atoms with E-state index in [1.54, 1.807) is 22.7 Å². The van der Waals surface area contributed by atoms with Gasteiger partial charge >= 0.3 is 0 Å². The normalized spacial score (nSPS) is 16.4. The number of nitrogens with zero attached hydrogens (tertiary/aromatic N) is 1. The molecule has 0 aromatic carbocycles. The van der Waals surface area contributed by atoms with Gasteiger partial charge in [0.25, 0.3) is 0 Å². The molecule has 18 heavy (non-hydrogen) atoms. The number of hydrogen-bond acceptors (Lipinski definition) is 5. The molecular formula is C13H18N2OS2. The summed E-state index contributed by atoms with van der Waals surface area (Å²) in [7, 11) is 0. The lowest BCUT2D eigenvalue weighted by molar-refractivity contribution is 0.0549. The fraction of sp³-hybridized carbons (Fsp3) is 0.462. The van der Waals surface area contributed by atoms with Crippen LogP contribution in [-0.2, 0) is 5.60 Å². The molecule has 0 aliphatic rings. The summed E-state index contributed by atoms with van der Waals surface area (Å²) in [5.41, 5.74) is 0.140. The maximum atomic E-state index is 10.4. The van der Waals surface area contributed by atoms with Crippen LogP contribution >= 0.6 is 22.7 Å². The molecule has 2 unspecified atom stereocenters. The largest absolute Gasteiger partial charge is 0.384 e. The molecule has 0 bridgehead atoms. The van der Waals surface area contributed by atoms with Crippen LogP contribution in [0.4, 0.5) is 0 Å². The molecule has 2 aromatic rings. The Bertz CT molecular complexity index is 491. The highest BCUT2D eigenvalue weighted by atomic mass is 32.1. The van der Waals surface area contributed by atoms with Crippen molar-refractivity contribution < 1.29 is 5.11 Å². The Hall–Kier alpha value is -0.750. The minimum atomic E-state index is -0.825. The fourth-order valence-electron chi connectivity index (χ4n) is 1.70. The van der Waals surface area contributed by atoms with Gasteiger partial charge in [0.2, 0.25) is 0 Å². The van der Waals surface area contributed by atoms with Gasteiger partial charge in [0.1, 0.15) is 5.60 Å². The maximum absolute atomic E-state index is 10.4. The molecule has 0 amide bonds. The summed E-state index contributed by atoms with van der Waals surface area (Å²) in [4.78, 5) is 5.45. The number of aliphatic hydroxyl groups is 1. The fourth-order valence-corrected chi connectivity index (χ4v) is 3.30. The molecule has 0 aliphatic carbocycles. The molecule has 2 heterocycles. The first kappa shape index (κ1) is 13.7. The number of rotatable bonds is 5. The molecule has 2 atom stereocenters. The zero-order valence-corrected chi connectivity index (χ0v) is 12.4. The predicted octanol–water partition coefficient (Wildman–Crippen LogP) is 3.07. The van der Waals surface area contributed by atoms with Crippen molar-refractivity contribution in [2.75, 3.05) is 6.54 Å². The number of aryl methyl sites for hydroxylation is 1. The van der Waals surface area contributed by atoms with Crippen molar-refractivity contribution in [2.45, 2.75) is 32.4 Å². The molecule has 0 saturated heterocycles. The van der Waals surface area contributed by atoms with Crippen LogP contribution in [0.1, 0.15) is 35.3 Å². The number of hydrogen-bond donors (Lipinski definition) is 2. The van der Waals surface area contributed by atoms with Crippen molar-refractivity contribution >= 4 is 22.7 Å². The molecule has 5 heteroatoms. The van der Waals surface area contributed by atoms with Crippen molar-refractivity contribution in [1.82, 2.24) is 10.3 Å². The summed E-state index contributed by atoms with van der Waals surface area (Å²) < 4.78 is 0. The first-order valence-electron chi connectivity index (χ1n) is 5.90. The molecule has 0 fully saturated rings. The quantitative estimate of drug-likeness (QED) is 0.886. The lowest BCUT2D eigenvalue weighted by Gasteiger charge is -2.25. The van der Waals surface area contributed by atoms with Crippen molar-refractivity contribution in [3.63, 3.8) is 0 Å². The Kier molecular flexibility index (Phi) is 4.17. The van der Waals surface area contributed by atoms with Gasteiger partial charge in [-0.2, -0.15) is 11.3 Å². The van der Waals surface area contributed by atoms with E-state index in [-0.39, 0.29) is 6.04 Å². The minimum absolute atomic E-state index is 0.210. The van der Waals surface area contributed by atoms with E-state index in [4.69, 9.17) is 0 Å². The van der Waals surface area contributed by atoms with Gasteiger partial charge in [-0.25, -0.2) is 4.98 Å². The average molecular weight is 282 g/mol. The molecule has 0 saturated carbocycles. The van der Waals surface area contributed by atoms with E-state index in [9.17, 15) is 5.11 Å². The molecule has 0 radical (unpaired) electrons. The lowest BCUT2D eigenvalue weighted by Crippen LogP contribution is -2.36. The van der Waals surface area contributed by atoms with Gasteiger partial charge < -0.3 is 10.4 Å². The lowest BCUT2D eigenvalue weighted by atomic mass is 9.99. The van der Waals surface area contributed by atoms with E-state index in [1.165, 1.54) is 4.88 Å². The summed E-state index contributed by atoms with van der Waals surface area (Å²) in [6, 6.07) is 2.18. The summed E-state index contributed by atoms with van der Waals surface area (Å²) in [6.07, 6.45) is 1.90. The minimum Gasteiger partial charge on any atom is -0.384 e. The van der Waals surface area contributed by atoms with E-state index in [2.05, 4.69) is 17.2 Å². The Balaban J connectivity index is 1.95. The van der Waals surface area contributed by atoms with Crippen LogP contribution in [0.3, 0.4) is 0 Å². The van der Waals surface area contributed by atoms with E-state index >= 15 is 0 Å². The third-order valence-electron chi connectivity index (χ3n) is 2.96. The zero-order valence-electron chi connectivity index (χ0n) is 10.8. The summed E-state index contributed by atoms with van der Waals surface area (Å²) in [6.45, 7) is 6.47. The SMILES string of the molecule is Cc1ncc(C(C)NCC(C)(O)c2ccsc2)s1. The molecule has 0 spiro atoms. The van der Waals surface area contributed by atoms with Crippen LogP contribution in [0.25, 0.3) is 0 Å². The second-order valence-electron chi connectivity index (χ2n) is 4.67. The van der Waals surface area contributed by atoms with Crippen LogP contribution in [0, 0.1) is 6.92 Å². The topological polar surface area (TPSA) is 45.2 Å². The highest BCUT2D eigenvalue weighted by Gasteiger charge is 2.24. The number of thiazole rings is 1. The summed E-state index contributed by atoms with van der Waals surface area (Å²) in [5, 5.41) is 18.8. The Labute approximate surface area is 116 Å². The monoisotopic (exact) mass is 282 g/mol. The van der Waals surface area contributed by atoms with E-state index in [0.29, 0.717) is 6.54 Å². The second-order valence-corrected chi connectivity index (χ2v) is 6.72. The standard InChI is InChI=1S/C13H18N2OS2/c1-9(12-6-14-10(2)18-12)15-8-13(3,16)11-4-5-17-7-11/h4-7,9,15-16H,8H2,1-3H3. The van der Waals surface area contributed by atoms with Crippen molar-refractivity contribution in [2.24, 2.45) is 0 Å². The van der Waals surface area contributed by atoms with Gasteiger partial charge in [-0.1, -0.05) is 0 Å². The third-order valence-corrected chi connectivity index (χ3v) is 4.74. The van der Waals surface area contributed by atoms with Crippen molar-refractivity contribution in [3.8, 4) is 0 Å². The van der Waals surface area contributed by atoms with Crippen LogP contribution < -0.4 is 5.32 Å². The predicted molar refractivity (Wildman–Crippen MR) is 77.2 cm³/mol. The van der Waals surface area contributed by atoms with Gasteiger partial charge in [0.05, 0.1) is 5.01 Å². The van der Waals surface area contributed by atoms with Crippen LogP contribution in [0.2, 0.25) is 0 Å². The molecule has 3 nitrogen and oxygen atoms in total. The third kappa shape index (κ3) is 3.17. The van der Waals surface area contributed by atoms with E-state index < -0.39 is 5.60 Å². The summed E-state index contributed by atoms with van der Waals surface area (Å²) >= 11 is 3.30. The second kappa shape index (κ2) is 5.48. The molecule has 2 rings (SSSR count). The number of thiophene rings is 1. The Morgan fingerprint density at radius 1 is 1.56 bits per heavy atom. The number of nitrogens with one attached hydrogen (secondary N) is 1. The first-order valence-corrected chi connectivity index (χ1v) is 7.66. The van der Waals surface area contributed by atoms with Gasteiger partial charge in [-0.05, 0) is 43.2 Å². The smallest absolute Gasteiger partial charge is 0.100 e. The van der Waals surface area contributed by atoms with Gasteiger partial charge in [-0.15, -0.1) is 11.3 Å². The van der Waals surface area contributed by atoms with Crippen molar-refractivity contribution in [1.29, 1.82) is 0 Å². The number of aromatic nitrogens is 1. The first-order chi connectivity index (χ1) is 8.49. The van der Waals surface area contributed by atoms with E-state index in [1.807, 2.05) is 36.9 Å². The van der Waals surface area contributed by atoms with Crippen LogP contribution in [-0.4, -0.2) is 16.6 Å². The van der Waals surface area contributed by atoms with Crippen LogP contribution in [0.15, 0.2) is 23.0 Å². The van der Waals surface area contributed by atoms with Gasteiger partial charge in [0, 0.05) is 23.7 Å². The molecular weight excluding hydrogens is 264 g/mol. The maximum Gasteiger partial charge on any atom is 0.100 e. The van der Waals surface area contributed by atoms with Gasteiger partial charge in [0.15, 0.2) is 0 Å². The highest BCUT2D eigenvalue weighted by Crippen LogP contribution is 2.24. The van der Waals surface area contributed by atoms with E-state index in [0.717, 1.165) is 10.6 Å². The average Bonchev–Trinajstić information content (AvgIpc) is 2.96. The Morgan fingerprint density at radius 3 is 2.89 bits per heavy atom.